The Kier molecular flexibility index (Phi) is 7.40. The Balaban J connectivity index is 1.73. The lowest BCUT2D eigenvalue weighted by molar-refractivity contribution is -0.129. The van der Waals surface area contributed by atoms with Gasteiger partial charge in [-0.05, 0) is 35.7 Å². The lowest BCUT2D eigenvalue weighted by Crippen LogP contribution is -2.50. The van der Waals surface area contributed by atoms with Gasteiger partial charge in [-0.15, -0.1) is 0 Å². The first-order valence-electron chi connectivity index (χ1n) is 10.4. The molecule has 1 aliphatic heterocycles. The summed E-state index contributed by atoms with van der Waals surface area (Å²) in [6.45, 7) is 5.45. The molecule has 2 N–H and O–H groups in total. The van der Waals surface area contributed by atoms with Crippen molar-refractivity contribution < 1.29 is 23.9 Å². The largest absolute Gasteiger partial charge is 0.487 e. The number of methoxy groups -OCH3 is 1. The molecular formula is C24H27ClN2O5. The van der Waals surface area contributed by atoms with Crippen molar-refractivity contribution in [1.29, 1.82) is 0 Å². The number of amides is 2. The summed E-state index contributed by atoms with van der Waals surface area (Å²) < 4.78 is 10.9. The summed E-state index contributed by atoms with van der Waals surface area (Å²) in [6, 6.07) is 10.1. The number of carbonyl (C=O) groups excluding carboxylic acids is 3. The topological polar surface area (TPSA) is 93.7 Å². The third-order valence-corrected chi connectivity index (χ3v) is 5.51. The monoisotopic (exact) mass is 458 g/mol. The first-order valence-corrected chi connectivity index (χ1v) is 10.8. The molecule has 1 aliphatic rings. The van der Waals surface area contributed by atoms with E-state index in [0.29, 0.717) is 29.3 Å². The Bertz CT molecular complexity index is 1020. The zero-order chi connectivity index (χ0) is 23.4. The van der Waals surface area contributed by atoms with Crippen molar-refractivity contribution in [3.63, 3.8) is 0 Å². The molecule has 7 nitrogen and oxygen atoms in total. The Hall–Kier alpha value is -3.06. The van der Waals surface area contributed by atoms with Crippen LogP contribution in [0.4, 0.5) is 0 Å². The van der Waals surface area contributed by atoms with Crippen molar-refractivity contribution >= 4 is 29.4 Å². The Morgan fingerprint density at radius 1 is 1.19 bits per heavy atom. The summed E-state index contributed by atoms with van der Waals surface area (Å²) in [6.07, 6.45) is 0.334. The van der Waals surface area contributed by atoms with Crippen LogP contribution < -0.4 is 15.4 Å². The van der Waals surface area contributed by atoms with Gasteiger partial charge in [0.2, 0.25) is 11.8 Å². The molecule has 0 saturated heterocycles. The second kappa shape index (κ2) is 10.0. The van der Waals surface area contributed by atoms with Crippen molar-refractivity contribution in [2.45, 2.75) is 39.3 Å². The van der Waals surface area contributed by atoms with Crippen LogP contribution in [-0.2, 0) is 20.7 Å². The van der Waals surface area contributed by atoms with E-state index in [2.05, 4.69) is 10.6 Å². The molecule has 170 valence electrons. The summed E-state index contributed by atoms with van der Waals surface area (Å²) in [5, 5.41) is 6.15. The lowest BCUT2D eigenvalue weighted by atomic mass is 9.99. The van der Waals surface area contributed by atoms with Crippen LogP contribution >= 0.6 is 11.6 Å². The predicted molar refractivity (Wildman–Crippen MR) is 122 cm³/mol. The molecule has 2 atom stereocenters. The van der Waals surface area contributed by atoms with E-state index in [1.807, 2.05) is 38.1 Å². The number of hydrogen-bond acceptors (Lipinski definition) is 5. The van der Waals surface area contributed by atoms with Crippen LogP contribution in [0, 0.1) is 5.92 Å². The van der Waals surface area contributed by atoms with Crippen LogP contribution in [0.15, 0.2) is 36.4 Å². The first-order chi connectivity index (χ1) is 15.2. The van der Waals surface area contributed by atoms with E-state index < -0.39 is 12.0 Å². The van der Waals surface area contributed by atoms with Crippen molar-refractivity contribution in [2.75, 3.05) is 13.7 Å². The second-order valence-corrected chi connectivity index (χ2v) is 8.56. The molecule has 0 spiro atoms. The molecule has 32 heavy (non-hydrogen) atoms. The van der Waals surface area contributed by atoms with Crippen LogP contribution in [0.2, 0.25) is 5.02 Å². The fraction of sp³-hybridized carbons (Fsp3) is 0.375. The van der Waals surface area contributed by atoms with E-state index in [1.165, 1.54) is 14.0 Å². The third kappa shape index (κ3) is 5.40. The number of esters is 1. The molecule has 2 aromatic carbocycles. The standard InChI is InChI=1S/C24H27ClN2O5/c1-13(2)21(27-14(3)28)23(29)26-12-19-10-17-9-18(25)11-20(22(17)32-19)15-5-7-16(8-6-15)24(30)31-4/h5-9,11,13,19,21H,10,12H2,1-4H3,(H,26,29)(H,27,28)/t19-,21-/m0/s1. The van der Waals surface area contributed by atoms with Gasteiger partial charge >= 0.3 is 5.97 Å². The lowest BCUT2D eigenvalue weighted by Gasteiger charge is -2.22. The highest BCUT2D eigenvalue weighted by Gasteiger charge is 2.29. The summed E-state index contributed by atoms with van der Waals surface area (Å²) in [7, 11) is 1.34. The maximum absolute atomic E-state index is 12.6. The van der Waals surface area contributed by atoms with E-state index in [4.69, 9.17) is 21.1 Å². The van der Waals surface area contributed by atoms with Gasteiger partial charge in [-0.25, -0.2) is 4.79 Å². The number of hydrogen-bond donors (Lipinski definition) is 2. The summed E-state index contributed by atoms with van der Waals surface area (Å²) in [5.74, 6) is -0.230. The van der Waals surface area contributed by atoms with Gasteiger partial charge < -0.3 is 20.1 Å². The number of halogens is 1. The Morgan fingerprint density at radius 3 is 2.47 bits per heavy atom. The van der Waals surface area contributed by atoms with Crippen LogP contribution in [0.1, 0.15) is 36.7 Å². The third-order valence-electron chi connectivity index (χ3n) is 5.29. The molecular weight excluding hydrogens is 432 g/mol. The van der Waals surface area contributed by atoms with E-state index in [0.717, 1.165) is 16.7 Å². The molecule has 0 bridgehead atoms. The van der Waals surface area contributed by atoms with Crippen LogP contribution in [-0.4, -0.2) is 43.6 Å². The van der Waals surface area contributed by atoms with Crippen molar-refractivity contribution in [2.24, 2.45) is 5.92 Å². The number of nitrogens with one attached hydrogen (secondary N) is 2. The van der Waals surface area contributed by atoms with Gasteiger partial charge in [0.25, 0.3) is 0 Å². The normalized spacial score (nSPS) is 15.5. The molecule has 0 radical (unpaired) electrons. The molecule has 3 rings (SSSR count). The quantitative estimate of drug-likeness (QED) is 0.620. The zero-order valence-corrected chi connectivity index (χ0v) is 19.3. The van der Waals surface area contributed by atoms with Gasteiger partial charge in [0.1, 0.15) is 17.9 Å². The van der Waals surface area contributed by atoms with Crippen molar-refractivity contribution in [1.82, 2.24) is 10.6 Å². The highest BCUT2D eigenvalue weighted by molar-refractivity contribution is 6.31. The van der Waals surface area contributed by atoms with Gasteiger partial charge in [-0.1, -0.05) is 37.6 Å². The number of rotatable bonds is 7. The fourth-order valence-electron chi connectivity index (χ4n) is 3.70. The van der Waals surface area contributed by atoms with Crippen LogP contribution in [0.5, 0.6) is 5.75 Å². The average Bonchev–Trinajstić information content (AvgIpc) is 3.17. The SMILES string of the molecule is COC(=O)c1ccc(-c2cc(Cl)cc3c2O[C@H](CNC(=O)[C@@H](NC(C)=O)C(C)C)C3)cc1. The Labute approximate surface area is 192 Å². The number of fused-ring (bicyclic) bond motifs is 1. The van der Waals surface area contributed by atoms with Gasteiger partial charge in [-0.3, -0.25) is 9.59 Å². The van der Waals surface area contributed by atoms with Gasteiger partial charge in [-0.2, -0.15) is 0 Å². The molecule has 0 fully saturated rings. The van der Waals surface area contributed by atoms with E-state index >= 15 is 0 Å². The summed E-state index contributed by atoms with van der Waals surface area (Å²) >= 11 is 6.34. The van der Waals surface area contributed by atoms with Crippen molar-refractivity contribution in [3.8, 4) is 16.9 Å². The van der Waals surface area contributed by atoms with E-state index in [1.54, 1.807) is 12.1 Å². The molecule has 0 unspecified atom stereocenters. The van der Waals surface area contributed by atoms with Crippen LogP contribution in [0.3, 0.4) is 0 Å². The molecule has 2 amide bonds. The predicted octanol–water partition coefficient (Wildman–Crippen LogP) is 3.37. The Morgan fingerprint density at radius 2 is 1.88 bits per heavy atom. The smallest absolute Gasteiger partial charge is 0.337 e. The maximum atomic E-state index is 12.6. The van der Waals surface area contributed by atoms with Gasteiger partial charge in [0.15, 0.2) is 0 Å². The molecule has 0 aliphatic carbocycles. The highest BCUT2D eigenvalue weighted by Crippen LogP contribution is 2.41. The second-order valence-electron chi connectivity index (χ2n) is 8.12. The van der Waals surface area contributed by atoms with E-state index in [9.17, 15) is 14.4 Å². The molecule has 1 heterocycles. The summed E-state index contributed by atoms with van der Waals surface area (Å²) in [4.78, 5) is 35.7. The number of benzene rings is 2. The molecule has 0 saturated carbocycles. The zero-order valence-electron chi connectivity index (χ0n) is 18.5. The van der Waals surface area contributed by atoms with Gasteiger partial charge in [0, 0.05) is 29.5 Å². The summed E-state index contributed by atoms with van der Waals surface area (Å²) in [5.41, 5.74) is 3.07. The minimum absolute atomic E-state index is 0.0426. The van der Waals surface area contributed by atoms with Crippen molar-refractivity contribution in [3.05, 3.63) is 52.5 Å². The average molecular weight is 459 g/mol. The molecule has 8 heteroatoms. The van der Waals surface area contributed by atoms with Gasteiger partial charge in [0.05, 0.1) is 19.2 Å². The molecule has 0 aromatic heterocycles. The fourth-order valence-corrected chi connectivity index (χ4v) is 3.95. The van der Waals surface area contributed by atoms with Crippen LogP contribution in [0.25, 0.3) is 11.1 Å². The highest BCUT2D eigenvalue weighted by atomic mass is 35.5. The first kappa shape index (κ1) is 23.6. The van der Waals surface area contributed by atoms with E-state index in [-0.39, 0.29) is 23.8 Å². The number of carbonyl (C=O) groups is 3. The number of ether oxygens (including phenoxy) is 2. The maximum Gasteiger partial charge on any atom is 0.337 e. The minimum atomic E-state index is -0.602. The minimum Gasteiger partial charge on any atom is -0.487 e. The molecule has 2 aromatic rings.